The van der Waals surface area contributed by atoms with Crippen molar-refractivity contribution in [2.75, 3.05) is 39.0 Å². The summed E-state index contributed by atoms with van der Waals surface area (Å²) in [5.74, 6) is -4.06. The Morgan fingerprint density at radius 1 is 1.16 bits per heavy atom. The second-order valence-corrected chi connectivity index (χ2v) is 7.75. The van der Waals surface area contributed by atoms with Gasteiger partial charge in [-0.2, -0.15) is 4.31 Å². The van der Waals surface area contributed by atoms with Crippen LogP contribution < -0.4 is 0 Å². The summed E-state index contributed by atoms with van der Waals surface area (Å²) in [7, 11) is -3.32. The Hall–Kier alpha value is -1.78. The van der Waals surface area contributed by atoms with Gasteiger partial charge >= 0.3 is 5.97 Å². The molecule has 25 heavy (non-hydrogen) atoms. The van der Waals surface area contributed by atoms with Crippen molar-refractivity contribution in [2.45, 2.75) is 0 Å². The lowest BCUT2D eigenvalue weighted by Gasteiger charge is -2.33. The van der Waals surface area contributed by atoms with Gasteiger partial charge in [-0.15, -0.1) is 0 Å². The number of rotatable bonds is 4. The molecular formula is C14H15ClF2N2O5S. The number of sulfonamides is 1. The number of benzene rings is 1. The van der Waals surface area contributed by atoms with E-state index in [1.165, 1.54) is 9.21 Å². The molecule has 2 rings (SSSR count). The van der Waals surface area contributed by atoms with Crippen LogP contribution in [0.3, 0.4) is 0 Å². The van der Waals surface area contributed by atoms with E-state index in [1.807, 2.05) is 0 Å². The Morgan fingerprint density at radius 3 is 2.28 bits per heavy atom. The molecule has 0 bridgehead atoms. The van der Waals surface area contributed by atoms with E-state index in [0.717, 1.165) is 6.26 Å². The second kappa shape index (κ2) is 7.63. The van der Waals surface area contributed by atoms with E-state index in [0.29, 0.717) is 12.1 Å². The van der Waals surface area contributed by atoms with Crippen LogP contribution in [0.15, 0.2) is 12.1 Å². The largest absolute Gasteiger partial charge is 0.452 e. The Bertz CT molecular complexity index is 795. The Morgan fingerprint density at radius 2 is 1.72 bits per heavy atom. The standard InChI is InChI=1S/C14H15ClF2N2O5S/c1-25(22,23)19-4-2-18(3-5-19)13(20)8-24-14(21)9-6-11(16)12(17)7-10(9)15/h6-7H,2-5,8H2,1H3. The number of carbonyl (C=O) groups excluding carboxylic acids is 2. The first-order valence-corrected chi connectivity index (χ1v) is 9.37. The lowest BCUT2D eigenvalue weighted by Crippen LogP contribution is -2.51. The lowest BCUT2D eigenvalue weighted by atomic mass is 10.2. The zero-order chi connectivity index (χ0) is 18.8. The maximum Gasteiger partial charge on any atom is 0.340 e. The molecule has 1 aromatic rings. The molecule has 7 nitrogen and oxygen atoms in total. The monoisotopic (exact) mass is 396 g/mol. The number of piperazine rings is 1. The van der Waals surface area contributed by atoms with Crippen molar-refractivity contribution in [1.82, 2.24) is 9.21 Å². The molecule has 0 aliphatic carbocycles. The van der Waals surface area contributed by atoms with Crippen molar-refractivity contribution in [3.8, 4) is 0 Å². The van der Waals surface area contributed by atoms with Crippen LogP contribution in [0.1, 0.15) is 10.4 Å². The number of hydrogen-bond donors (Lipinski definition) is 0. The molecule has 138 valence electrons. The summed E-state index contributed by atoms with van der Waals surface area (Å²) in [5, 5.41) is -0.335. The molecule has 1 saturated heterocycles. The van der Waals surface area contributed by atoms with Gasteiger partial charge in [0.1, 0.15) is 0 Å². The van der Waals surface area contributed by atoms with Crippen LogP contribution in [0.5, 0.6) is 0 Å². The topological polar surface area (TPSA) is 84.0 Å². The predicted octanol–water partition coefficient (Wildman–Crippen LogP) is 0.879. The van der Waals surface area contributed by atoms with Crippen molar-refractivity contribution in [1.29, 1.82) is 0 Å². The van der Waals surface area contributed by atoms with Crippen LogP contribution >= 0.6 is 11.6 Å². The van der Waals surface area contributed by atoms with Gasteiger partial charge < -0.3 is 9.64 Å². The van der Waals surface area contributed by atoms with Crippen LogP contribution in [-0.4, -0.2) is 68.5 Å². The minimum Gasteiger partial charge on any atom is -0.452 e. The van der Waals surface area contributed by atoms with Crippen LogP contribution in [-0.2, 0) is 19.6 Å². The van der Waals surface area contributed by atoms with E-state index in [-0.39, 0.29) is 31.2 Å². The van der Waals surface area contributed by atoms with Crippen LogP contribution in [0, 0.1) is 11.6 Å². The van der Waals surface area contributed by atoms with Crippen molar-refractivity contribution in [3.05, 3.63) is 34.4 Å². The molecule has 1 fully saturated rings. The molecule has 1 heterocycles. The lowest BCUT2D eigenvalue weighted by molar-refractivity contribution is -0.135. The molecule has 0 saturated carbocycles. The summed E-state index contributed by atoms with van der Waals surface area (Å²) in [5.41, 5.74) is -0.393. The Balaban J connectivity index is 1.90. The molecule has 11 heteroatoms. The highest BCUT2D eigenvalue weighted by Gasteiger charge is 2.27. The minimum atomic E-state index is -3.32. The molecule has 1 aliphatic rings. The van der Waals surface area contributed by atoms with Gasteiger partial charge in [-0.1, -0.05) is 11.6 Å². The van der Waals surface area contributed by atoms with Crippen molar-refractivity contribution in [2.24, 2.45) is 0 Å². The number of amides is 1. The van der Waals surface area contributed by atoms with Crippen LogP contribution in [0.2, 0.25) is 5.02 Å². The summed E-state index contributed by atoms with van der Waals surface area (Å²) in [6, 6.07) is 1.23. The van der Waals surface area contributed by atoms with Crippen LogP contribution in [0.4, 0.5) is 8.78 Å². The molecule has 1 aromatic carbocycles. The number of nitrogens with zero attached hydrogens (tertiary/aromatic N) is 2. The molecule has 1 amide bonds. The fourth-order valence-corrected chi connectivity index (χ4v) is 3.30. The zero-order valence-corrected chi connectivity index (χ0v) is 14.7. The highest BCUT2D eigenvalue weighted by molar-refractivity contribution is 7.88. The third-order valence-electron chi connectivity index (χ3n) is 3.62. The molecule has 0 atom stereocenters. The molecule has 1 aliphatic heterocycles. The van der Waals surface area contributed by atoms with Gasteiger partial charge in [0.25, 0.3) is 5.91 Å². The van der Waals surface area contributed by atoms with Gasteiger partial charge in [-0.25, -0.2) is 22.0 Å². The van der Waals surface area contributed by atoms with E-state index < -0.39 is 45.7 Å². The van der Waals surface area contributed by atoms with E-state index in [1.54, 1.807) is 0 Å². The van der Waals surface area contributed by atoms with Gasteiger partial charge in [-0.3, -0.25) is 4.79 Å². The van der Waals surface area contributed by atoms with E-state index in [4.69, 9.17) is 16.3 Å². The fraction of sp³-hybridized carbons (Fsp3) is 0.429. The quantitative estimate of drug-likeness (QED) is 0.557. The first-order chi connectivity index (χ1) is 11.6. The number of hydrogen-bond acceptors (Lipinski definition) is 5. The number of ether oxygens (including phenoxy) is 1. The Labute approximate surface area is 148 Å². The van der Waals surface area contributed by atoms with Gasteiger partial charge in [0.2, 0.25) is 10.0 Å². The van der Waals surface area contributed by atoms with Gasteiger partial charge in [0, 0.05) is 26.2 Å². The van der Waals surface area contributed by atoms with E-state index in [2.05, 4.69) is 0 Å². The maximum absolute atomic E-state index is 13.2. The first-order valence-electron chi connectivity index (χ1n) is 7.14. The third-order valence-corrected chi connectivity index (χ3v) is 5.23. The second-order valence-electron chi connectivity index (χ2n) is 5.37. The van der Waals surface area contributed by atoms with Crippen molar-refractivity contribution < 1.29 is 31.5 Å². The predicted molar refractivity (Wildman–Crippen MR) is 84.6 cm³/mol. The first kappa shape index (κ1) is 19.5. The highest BCUT2D eigenvalue weighted by Crippen LogP contribution is 2.21. The van der Waals surface area contributed by atoms with Gasteiger partial charge in [0.05, 0.1) is 16.8 Å². The summed E-state index contributed by atoms with van der Waals surface area (Å²) < 4.78 is 55.0. The van der Waals surface area contributed by atoms with Gasteiger partial charge in [0.15, 0.2) is 18.2 Å². The third kappa shape index (κ3) is 4.86. The maximum atomic E-state index is 13.2. The summed E-state index contributed by atoms with van der Waals surface area (Å²) in [6.45, 7) is -0.00114. The fourth-order valence-electron chi connectivity index (χ4n) is 2.24. The molecular weight excluding hydrogens is 382 g/mol. The zero-order valence-electron chi connectivity index (χ0n) is 13.2. The van der Waals surface area contributed by atoms with Crippen LogP contribution in [0.25, 0.3) is 0 Å². The molecule has 0 spiro atoms. The normalized spacial score (nSPS) is 15.9. The van der Waals surface area contributed by atoms with Gasteiger partial charge in [-0.05, 0) is 12.1 Å². The van der Waals surface area contributed by atoms with E-state index in [9.17, 15) is 26.8 Å². The average molecular weight is 397 g/mol. The number of carbonyl (C=O) groups is 2. The van der Waals surface area contributed by atoms with Crippen molar-refractivity contribution in [3.63, 3.8) is 0 Å². The SMILES string of the molecule is CS(=O)(=O)N1CCN(C(=O)COC(=O)c2cc(F)c(F)cc2Cl)CC1. The highest BCUT2D eigenvalue weighted by atomic mass is 35.5. The molecule has 0 N–H and O–H groups in total. The smallest absolute Gasteiger partial charge is 0.340 e. The number of halogens is 3. The summed E-state index contributed by atoms with van der Waals surface area (Å²) in [4.78, 5) is 25.2. The minimum absolute atomic E-state index is 0.146. The molecule has 0 radical (unpaired) electrons. The molecule has 0 aromatic heterocycles. The van der Waals surface area contributed by atoms with E-state index >= 15 is 0 Å². The Kier molecular flexibility index (Phi) is 5.96. The summed E-state index contributed by atoms with van der Waals surface area (Å²) >= 11 is 5.65. The number of esters is 1. The van der Waals surface area contributed by atoms with Crippen molar-refractivity contribution >= 4 is 33.5 Å². The average Bonchev–Trinajstić information content (AvgIpc) is 2.55. The summed E-state index contributed by atoms with van der Waals surface area (Å²) in [6.07, 6.45) is 1.08. The molecule has 0 unspecified atom stereocenters.